The van der Waals surface area contributed by atoms with Crippen molar-refractivity contribution < 1.29 is 14.7 Å². The van der Waals surface area contributed by atoms with Crippen molar-refractivity contribution in [1.82, 2.24) is 9.80 Å². The number of amides is 2. The average molecular weight is 244 g/mol. The second-order valence-electron chi connectivity index (χ2n) is 4.49. The summed E-state index contributed by atoms with van der Waals surface area (Å²) >= 11 is 0. The van der Waals surface area contributed by atoms with Crippen molar-refractivity contribution in [2.75, 3.05) is 20.1 Å². The maximum Gasteiger partial charge on any atom is 0.319 e. The zero-order valence-electron chi connectivity index (χ0n) is 11.3. The molecule has 0 radical (unpaired) electrons. The predicted octanol–water partition coefficient (Wildman–Crippen LogP) is 2.02. The van der Waals surface area contributed by atoms with Crippen LogP contribution in [0.3, 0.4) is 0 Å². The number of carboxylic acid groups (broad SMARTS) is 1. The maximum absolute atomic E-state index is 12.1. The van der Waals surface area contributed by atoms with E-state index in [1.54, 1.807) is 16.8 Å². The van der Waals surface area contributed by atoms with Gasteiger partial charge in [-0.2, -0.15) is 0 Å². The smallest absolute Gasteiger partial charge is 0.319 e. The van der Waals surface area contributed by atoms with E-state index in [1.807, 2.05) is 13.8 Å². The van der Waals surface area contributed by atoms with Crippen molar-refractivity contribution in [2.24, 2.45) is 0 Å². The number of carbonyl (C=O) groups is 2. The summed E-state index contributed by atoms with van der Waals surface area (Å²) < 4.78 is 0. The summed E-state index contributed by atoms with van der Waals surface area (Å²) in [6.07, 6.45) is 1.99. The molecule has 0 saturated heterocycles. The normalized spacial score (nSPS) is 10.4. The molecule has 0 spiro atoms. The summed E-state index contributed by atoms with van der Waals surface area (Å²) in [6.45, 7) is 6.84. The third-order valence-electron chi connectivity index (χ3n) is 2.61. The highest BCUT2D eigenvalue weighted by molar-refractivity contribution is 5.75. The average Bonchev–Trinajstić information content (AvgIpc) is 2.24. The third kappa shape index (κ3) is 6.14. The summed E-state index contributed by atoms with van der Waals surface area (Å²) in [4.78, 5) is 25.9. The fraction of sp³-hybridized carbons (Fsp3) is 0.833. The van der Waals surface area contributed by atoms with Gasteiger partial charge in [0.25, 0.3) is 0 Å². The molecule has 0 atom stereocenters. The lowest BCUT2D eigenvalue weighted by atomic mass is 10.3. The van der Waals surface area contributed by atoms with Crippen molar-refractivity contribution in [1.29, 1.82) is 0 Å². The van der Waals surface area contributed by atoms with Gasteiger partial charge in [-0.25, -0.2) is 4.79 Å². The van der Waals surface area contributed by atoms with Crippen LogP contribution in [0.25, 0.3) is 0 Å². The van der Waals surface area contributed by atoms with Crippen molar-refractivity contribution in [3.8, 4) is 0 Å². The predicted molar refractivity (Wildman–Crippen MR) is 67.0 cm³/mol. The van der Waals surface area contributed by atoms with Crippen LogP contribution >= 0.6 is 0 Å². The first-order valence-electron chi connectivity index (χ1n) is 6.13. The second kappa shape index (κ2) is 7.92. The van der Waals surface area contributed by atoms with E-state index >= 15 is 0 Å². The van der Waals surface area contributed by atoms with Gasteiger partial charge in [0.15, 0.2) is 0 Å². The van der Waals surface area contributed by atoms with E-state index in [2.05, 4.69) is 6.92 Å². The first-order valence-corrected chi connectivity index (χ1v) is 6.13. The molecule has 0 aliphatic heterocycles. The summed E-state index contributed by atoms with van der Waals surface area (Å²) in [7, 11) is 1.76. The molecule has 0 heterocycles. The Hall–Kier alpha value is -1.26. The molecule has 0 unspecified atom stereocenters. The minimum absolute atomic E-state index is 0.00840. The SMILES string of the molecule is CCCCN(C)C(=O)N(CCC(=O)O)C(C)C. The van der Waals surface area contributed by atoms with Crippen molar-refractivity contribution in [3.05, 3.63) is 0 Å². The molecule has 0 aliphatic carbocycles. The number of carboxylic acids is 1. The van der Waals surface area contributed by atoms with Gasteiger partial charge in [0, 0.05) is 26.2 Å². The third-order valence-corrected chi connectivity index (χ3v) is 2.61. The molecule has 100 valence electrons. The minimum Gasteiger partial charge on any atom is -0.481 e. The summed E-state index contributed by atoms with van der Waals surface area (Å²) in [5, 5.41) is 8.65. The van der Waals surface area contributed by atoms with E-state index in [0.717, 1.165) is 12.8 Å². The molecule has 1 N–H and O–H groups in total. The number of nitrogens with zero attached hydrogens (tertiary/aromatic N) is 2. The van der Waals surface area contributed by atoms with Crippen LogP contribution in [0.5, 0.6) is 0 Å². The molecule has 5 heteroatoms. The van der Waals surface area contributed by atoms with Gasteiger partial charge in [0.1, 0.15) is 0 Å². The molecule has 0 aromatic heterocycles. The standard InChI is InChI=1S/C12H24N2O3/c1-5-6-8-13(4)12(17)14(10(2)3)9-7-11(15)16/h10H,5-9H2,1-4H3,(H,15,16). The van der Waals surface area contributed by atoms with Crippen LogP contribution in [-0.2, 0) is 4.79 Å². The van der Waals surface area contributed by atoms with Gasteiger partial charge in [-0.1, -0.05) is 13.3 Å². The number of aliphatic carboxylic acids is 1. The van der Waals surface area contributed by atoms with Crippen LogP contribution in [-0.4, -0.2) is 53.1 Å². The second-order valence-corrected chi connectivity index (χ2v) is 4.49. The first-order chi connectivity index (χ1) is 7.90. The Morgan fingerprint density at radius 3 is 2.24 bits per heavy atom. The Labute approximate surface area is 103 Å². The fourth-order valence-corrected chi connectivity index (χ4v) is 1.50. The number of hydrogen-bond donors (Lipinski definition) is 1. The van der Waals surface area contributed by atoms with Gasteiger partial charge < -0.3 is 14.9 Å². The summed E-state index contributed by atoms with van der Waals surface area (Å²) in [5.74, 6) is -0.875. The van der Waals surface area contributed by atoms with Gasteiger partial charge >= 0.3 is 12.0 Å². The van der Waals surface area contributed by atoms with Crippen LogP contribution in [0.2, 0.25) is 0 Å². The Bertz CT molecular complexity index is 254. The van der Waals surface area contributed by atoms with Crippen molar-refractivity contribution in [2.45, 2.75) is 46.1 Å². The summed E-state index contributed by atoms with van der Waals surface area (Å²) in [6, 6.07) is -0.0689. The zero-order valence-corrected chi connectivity index (χ0v) is 11.3. The largest absolute Gasteiger partial charge is 0.481 e. The highest BCUT2D eigenvalue weighted by Gasteiger charge is 2.20. The molecular formula is C12H24N2O3. The van der Waals surface area contributed by atoms with Gasteiger partial charge in [-0.15, -0.1) is 0 Å². The number of carbonyl (C=O) groups excluding carboxylic acids is 1. The number of rotatable bonds is 7. The Kier molecular flexibility index (Phi) is 7.34. The van der Waals surface area contributed by atoms with E-state index in [4.69, 9.17) is 5.11 Å². The molecule has 5 nitrogen and oxygen atoms in total. The molecule has 0 aliphatic rings. The lowest BCUT2D eigenvalue weighted by Crippen LogP contribution is -2.46. The molecule has 0 fully saturated rings. The van der Waals surface area contributed by atoms with Crippen LogP contribution in [0.4, 0.5) is 4.79 Å². The molecule has 2 amide bonds. The van der Waals surface area contributed by atoms with Gasteiger partial charge in [0.05, 0.1) is 6.42 Å². The topological polar surface area (TPSA) is 60.9 Å². The Morgan fingerprint density at radius 2 is 1.82 bits per heavy atom. The van der Waals surface area contributed by atoms with E-state index in [1.165, 1.54) is 0 Å². The van der Waals surface area contributed by atoms with Gasteiger partial charge in [-0.3, -0.25) is 4.79 Å². The van der Waals surface area contributed by atoms with Crippen LogP contribution in [0.15, 0.2) is 0 Å². The van der Waals surface area contributed by atoms with Crippen molar-refractivity contribution in [3.63, 3.8) is 0 Å². The Balaban J connectivity index is 4.37. The molecule has 0 saturated carbocycles. The number of hydrogen-bond acceptors (Lipinski definition) is 2. The molecule has 0 aromatic rings. The fourth-order valence-electron chi connectivity index (χ4n) is 1.50. The maximum atomic E-state index is 12.1. The lowest BCUT2D eigenvalue weighted by Gasteiger charge is -2.31. The Morgan fingerprint density at radius 1 is 1.24 bits per heavy atom. The summed E-state index contributed by atoms with van der Waals surface area (Å²) in [5.41, 5.74) is 0. The first kappa shape index (κ1) is 15.7. The van der Waals surface area contributed by atoms with E-state index in [9.17, 15) is 9.59 Å². The van der Waals surface area contributed by atoms with Crippen LogP contribution < -0.4 is 0 Å². The van der Waals surface area contributed by atoms with Gasteiger partial charge in [-0.05, 0) is 20.3 Å². The molecule has 0 bridgehead atoms. The molecule has 0 aromatic carbocycles. The number of urea groups is 1. The highest BCUT2D eigenvalue weighted by Crippen LogP contribution is 2.06. The molecule has 17 heavy (non-hydrogen) atoms. The number of unbranched alkanes of at least 4 members (excludes halogenated alkanes) is 1. The molecule has 0 rings (SSSR count). The highest BCUT2D eigenvalue weighted by atomic mass is 16.4. The van der Waals surface area contributed by atoms with Crippen LogP contribution in [0.1, 0.15) is 40.0 Å². The molecular weight excluding hydrogens is 220 g/mol. The van der Waals surface area contributed by atoms with E-state index in [-0.39, 0.29) is 25.0 Å². The monoisotopic (exact) mass is 244 g/mol. The zero-order chi connectivity index (χ0) is 13.4. The van der Waals surface area contributed by atoms with E-state index < -0.39 is 5.97 Å². The minimum atomic E-state index is -0.875. The van der Waals surface area contributed by atoms with Crippen LogP contribution in [0, 0.1) is 0 Å². The van der Waals surface area contributed by atoms with Gasteiger partial charge in [0.2, 0.25) is 0 Å². The van der Waals surface area contributed by atoms with E-state index in [0.29, 0.717) is 6.54 Å². The lowest BCUT2D eigenvalue weighted by molar-refractivity contribution is -0.137. The quantitative estimate of drug-likeness (QED) is 0.745. The van der Waals surface area contributed by atoms with Crippen molar-refractivity contribution >= 4 is 12.0 Å².